The van der Waals surface area contributed by atoms with E-state index in [9.17, 15) is 9.59 Å². The number of nitrogens with one attached hydrogen (secondary N) is 1. The molecule has 2 amide bonds. The van der Waals surface area contributed by atoms with Crippen molar-refractivity contribution in [2.45, 2.75) is 32.7 Å². The Labute approximate surface area is 194 Å². The van der Waals surface area contributed by atoms with Gasteiger partial charge in [-0.3, -0.25) is 14.5 Å². The topological polar surface area (TPSA) is 58.6 Å². The summed E-state index contributed by atoms with van der Waals surface area (Å²) in [5, 5.41) is 3.23. The lowest BCUT2D eigenvalue weighted by molar-refractivity contribution is -0.137. The maximum absolute atomic E-state index is 13.4. The second kappa shape index (κ2) is 8.94. The fourth-order valence-electron chi connectivity index (χ4n) is 3.82. The lowest BCUT2D eigenvalue weighted by Gasteiger charge is -2.19. The van der Waals surface area contributed by atoms with Gasteiger partial charge < -0.3 is 10.1 Å². The molecule has 0 unspecified atom stereocenters. The van der Waals surface area contributed by atoms with Crippen LogP contribution in [0.15, 0.2) is 84.6 Å². The molecular formula is C28H28N2O3. The summed E-state index contributed by atoms with van der Waals surface area (Å²) in [6.45, 7) is 6.67. The number of benzene rings is 3. The first-order chi connectivity index (χ1) is 15.8. The molecule has 168 valence electrons. The van der Waals surface area contributed by atoms with E-state index in [1.54, 1.807) is 31.4 Å². The number of carbonyl (C=O) groups excluding carboxylic acids is 2. The van der Waals surface area contributed by atoms with Crippen LogP contribution in [0.2, 0.25) is 0 Å². The summed E-state index contributed by atoms with van der Waals surface area (Å²) in [7, 11) is 1.59. The standard InChI is InChI=1S/C28H28N2O3/c1-28(2,3)21-12-14-22(15-13-21)29-25-24(20-10-16-23(33-4)17-11-20)26(31)30(27(25)32)18-19-8-6-5-7-9-19/h5-17,29H,18H2,1-4H3. The number of hydrogen-bond acceptors (Lipinski definition) is 4. The molecule has 0 radical (unpaired) electrons. The van der Waals surface area contributed by atoms with Gasteiger partial charge in [-0.15, -0.1) is 0 Å². The zero-order chi connectivity index (χ0) is 23.6. The Morgan fingerprint density at radius 1 is 0.818 bits per heavy atom. The van der Waals surface area contributed by atoms with E-state index in [4.69, 9.17) is 4.74 Å². The fourth-order valence-corrected chi connectivity index (χ4v) is 3.82. The van der Waals surface area contributed by atoms with Gasteiger partial charge in [0, 0.05) is 5.69 Å². The van der Waals surface area contributed by atoms with Crippen molar-refractivity contribution in [1.29, 1.82) is 0 Å². The molecule has 1 heterocycles. The molecule has 4 rings (SSSR count). The van der Waals surface area contributed by atoms with Crippen LogP contribution in [0.1, 0.15) is 37.5 Å². The van der Waals surface area contributed by atoms with Crippen molar-refractivity contribution in [3.8, 4) is 5.75 Å². The zero-order valence-electron chi connectivity index (χ0n) is 19.4. The average molecular weight is 441 g/mol. The van der Waals surface area contributed by atoms with E-state index in [1.165, 1.54) is 10.5 Å². The van der Waals surface area contributed by atoms with Crippen LogP contribution in [0.25, 0.3) is 5.57 Å². The van der Waals surface area contributed by atoms with Crippen molar-refractivity contribution in [2.24, 2.45) is 0 Å². The van der Waals surface area contributed by atoms with Crippen LogP contribution in [-0.2, 0) is 21.5 Å². The molecule has 0 aliphatic carbocycles. The predicted octanol–water partition coefficient (Wildman–Crippen LogP) is 5.38. The first kappa shape index (κ1) is 22.3. The van der Waals surface area contributed by atoms with Gasteiger partial charge in [-0.2, -0.15) is 0 Å². The van der Waals surface area contributed by atoms with Crippen molar-refractivity contribution in [3.63, 3.8) is 0 Å². The number of methoxy groups -OCH3 is 1. The molecule has 1 aliphatic heterocycles. The second-order valence-electron chi connectivity index (χ2n) is 9.11. The number of rotatable bonds is 6. The molecule has 0 atom stereocenters. The molecule has 0 saturated carbocycles. The smallest absolute Gasteiger partial charge is 0.278 e. The van der Waals surface area contributed by atoms with Crippen LogP contribution < -0.4 is 10.1 Å². The predicted molar refractivity (Wildman–Crippen MR) is 131 cm³/mol. The lowest BCUT2D eigenvalue weighted by atomic mass is 9.87. The molecular weight excluding hydrogens is 412 g/mol. The first-order valence-corrected chi connectivity index (χ1v) is 10.9. The maximum Gasteiger partial charge on any atom is 0.278 e. The van der Waals surface area contributed by atoms with Gasteiger partial charge in [0.25, 0.3) is 11.8 Å². The number of nitrogens with zero attached hydrogens (tertiary/aromatic N) is 1. The highest BCUT2D eigenvalue weighted by atomic mass is 16.5. The highest BCUT2D eigenvalue weighted by Crippen LogP contribution is 2.33. The van der Waals surface area contributed by atoms with Crippen LogP contribution in [0.3, 0.4) is 0 Å². The average Bonchev–Trinajstić information content (AvgIpc) is 3.04. The van der Waals surface area contributed by atoms with E-state index in [2.05, 4.69) is 26.1 Å². The van der Waals surface area contributed by atoms with Crippen LogP contribution in [0.5, 0.6) is 5.75 Å². The van der Waals surface area contributed by atoms with Gasteiger partial charge in [-0.25, -0.2) is 0 Å². The number of imide groups is 1. The van der Waals surface area contributed by atoms with Gasteiger partial charge >= 0.3 is 0 Å². The SMILES string of the molecule is COc1ccc(C2=C(Nc3ccc(C(C)(C)C)cc3)C(=O)N(Cc3ccccc3)C2=O)cc1. The third-order valence-corrected chi connectivity index (χ3v) is 5.75. The second-order valence-corrected chi connectivity index (χ2v) is 9.11. The Morgan fingerprint density at radius 2 is 1.45 bits per heavy atom. The Hall–Kier alpha value is -3.86. The summed E-state index contributed by atoms with van der Waals surface area (Å²) < 4.78 is 5.25. The van der Waals surface area contributed by atoms with Crippen LogP contribution in [0.4, 0.5) is 5.69 Å². The lowest BCUT2D eigenvalue weighted by Crippen LogP contribution is -2.32. The summed E-state index contributed by atoms with van der Waals surface area (Å²) in [5.41, 5.74) is 4.17. The Balaban J connectivity index is 1.71. The number of anilines is 1. The normalized spacial score (nSPS) is 14.1. The monoisotopic (exact) mass is 440 g/mol. The van der Waals surface area contributed by atoms with Gasteiger partial charge in [0.15, 0.2) is 0 Å². The van der Waals surface area contributed by atoms with Gasteiger partial charge in [0.1, 0.15) is 11.4 Å². The van der Waals surface area contributed by atoms with Gasteiger partial charge in [-0.1, -0.05) is 75.4 Å². The van der Waals surface area contributed by atoms with E-state index in [0.717, 1.165) is 11.3 Å². The molecule has 0 fully saturated rings. The Morgan fingerprint density at radius 3 is 2.03 bits per heavy atom. The number of ether oxygens (including phenoxy) is 1. The molecule has 33 heavy (non-hydrogen) atoms. The zero-order valence-corrected chi connectivity index (χ0v) is 19.4. The van der Waals surface area contributed by atoms with E-state index in [0.29, 0.717) is 16.9 Å². The van der Waals surface area contributed by atoms with Crippen molar-refractivity contribution < 1.29 is 14.3 Å². The van der Waals surface area contributed by atoms with E-state index in [-0.39, 0.29) is 29.5 Å². The molecule has 3 aromatic rings. The molecule has 0 bridgehead atoms. The van der Waals surface area contributed by atoms with E-state index < -0.39 is 0 Å². The summed E-state index contributed by atoms with van der Waals surface area (Å²) in [5.74, 6) is 0.0296. The van der Waals surface area contributed by atoms with E-state index >= 15 is 0 Å². The molecule has 0 saturated heterocycles. The first-order valence-electron chi connectivity index (χ1n) is 10.9. The molecule has 5 nitrogen and oxygen atoms in total. The fraction of sp³-hybridized carbons (Fsp3) is 0.214. The molecule has 1 N–H and O–H groups in total. The van der Waals surface area contributed by atoms with Gasteiger partial charge in [0.2, 0.25) is 0 Å². The maximum atomic E-state index is 13.4. The van der Waals surface area contributed by atoms with Crippen molar-refractivity contribution in [3.05, 3.63) is 101 Å². The highest BCUT2D eigenvalue weighted by molar-refractivity contribution is 6.36. The minimum Gasteiger partial charge on any atom is -0.497 e. The summed E-state index contributed by atoms with van der Waals surface area (Å²) in [6, 6.07) is 24.7. The van der Waals surface area contributed by atoms with Crippen molar-refractivity contribution >= 4 is 23.1 Å². The third-order valence-electron chi connectivity index (χ3n) is 5.75. The Bertz CT molecular complexity index is 1190. The minimum atomic E-state index is -0.338. The third kappa shape index (κ3) is 4.67. The van der Waals surface area contributed by atoms with Crippen LogP contribution in [0, 0.1) is 0 Å². The van der Waals surface area contributed by atoms with Crippen LogP contribution >= 0.6 is 0 Å². The molecule has 3 aromatic carbocycles. The van der Waals surface area contributed by atoms with Crippen molar-refractivity contribution in [2.75, 3.05) is 12.4 Å². The van der Waals surface area contributed by atoms with Crippen molar-refractivity contribution in [1.82, 2.24) is 4.90 Å². The van der Waals surface area contributed by atoms with E-state index in [1.807, 2.05) is 54.6 Å². The summed E-state index contributed by atoms with van der Waals surface area (Å²) >= 11 is 0. The number of carbonyl (C=O) groups is 2. The summed E-state index contributed by atoms with van der Waals surface area (Å²) in [6.07, 6.45) is 0. The van der Waals surface area contributed by atoms with Gasteiger partial charge in [0.05, 0.1) is 19.2 Å². The molecule has 1 aliphatic rings. The number of hydrogen-bond donors (Lipinski definition) is 1. The molecule has 0 spiro atoms. The number of amides is 2. The molecule has 0 aromatic heterocycles. The Kier molecular flexibility index (Phi) is 6.05. The highest BCUT2D eigenvalue weighted by Gasteiger charge is 2.39. The molecule has 5 heteroatoms. The quantitative estimate of drug-likeness (QED) is 0.523. The minimum absolute atomic E-state index is 0.0255. The van der Waals surface area contributed by atoms with Crippen LogP contribution in [-0.4, -0.2) is 23.8 Å². The summed E-state index contributed by atoms with van der Waals surface area (Å²) in [4.78, 5) is 28.1. The largest absolute Gasteiger partial charge is 0.497 e. The van der Waals surface area contributed by atoms with Gasteiger partial charge in [-0.05, 0) is 46.4 Å².